The summed E-state index contributed by atoms with van der Waals surface area (Å²) in [4.78, 5) is 13.6. The quantitative estimate of drug-likeness (QED) is 0.448. The Balaban J connectivity index is 2.28. The Labute approximate surface area is 147 Å². The van der Waals surface area contributed by atoms with E-state index in [0.717, 1.165) is 19.4 Å². The number of nitrogens with zero attached hydrogens (tertiary/aromatic N) is 1. The molecule has 1 heterocycles. The van der Waals surface area contributed by atoms with E-state index in [4.69, 9.17) is 0 Å². The average Bonchev–Trinajstić information content (AvgIpc) is 3.00. The first-order chi connectivity index (χ1) is 11.4. The van der Waals surface area contributed by atoms with Crippen molar-refractivity contribution >= 4 is 5.97 Å². The van der Waals surface area contributed by atoms with Crippen LogP contribution in [0.3, 0.4) is 0 Å². The lowest BCUT2D eigenvalue weighted by molar-refractivity contribution is -0.159. The molecule has 3 atom stereocenters. The van der Waals surface area contributed by atoms with Crippen LogP contribution in [0.15, 0.2) is 0 Å². The molecule has 0 amide bonds. The smallest absolute Gasteiger partial charge is 0.326 e. The third-order valence-electron chi connectivity index (χ3n) is 5.53. The molecule has 0 aromatic carbocycles. The zero-order valence-electron chi connectivity index (χ0n) is 15.9. The second-order valence-corrected chi connectivity index (χ2v) is 7.41. The molecule has 3 unspecified atom stereocenters. The Bertz CT molecular complexity index is 363. The van der Waals surface area contributed by atoms with Crippen molar-refractivity contribution < 1.29 is 15.0 Å². The highest BCUT2D eigenvalue weighted by Gasteiger charge is 2.48. The van der Waals surface area contributed by atoms with Crippen molar-refractivity contribution in [2.24, 2.45) is 0 Å². The van der Waals surface area contributed by atoms with Gasteiger partial charge in [-0.3, -0.25) is 9.69 Å². The molecular weight excluding hydrogens is 304 g/mol. The van der Waals surface area contributed by atoms with Gasteiger partial charge in [0.2, 0.25) is 0 Å². The maximum atomic E-state index is 11.7. The maximum Gasteiger partial charge on any atom is 0.326 e. The van der Waals surface area contributed by atoms with E-state index in [9.17, 15) is 15.0 Å². The molecule has 142 valence electrons. The van der Waals surface area contributed by atoms with Gasteiger partial charge in [-0.25, -0.2) is 0 Å². The number of aliphatic carboxylic acids is 1. The van der Waals surface area contributed by atoms with Crippen LogP contribution in [0.1, 0.15) is 85.0 Å². The van der Waals surface area contributed by atoms with E-state index < -0.39 is 17.6 Å². The van der Waals surface area contributed by atoms with Gasteiger partial charge in [0.05, 0.1) is 12.3 Å². The van der Waals surface area contributed by atoms with Gasteiger partial charge in [-0.2, -0.15) is 0 Å². The summed E-state index contributed by atoms with van der Waals surface area (Å²) in [5.74, 6) is -0.946. The van der Waals surface area contributed by atoms with Crippen molar-refractivity contribution in [1.82, 2.24) is 10.2 Å². The summed E-state index contributed by atoms with van der Waals surface area (Å²) in [6.45, 7) is 6.92. The summed E-state index contributed by atoms with van der Waals surface area (Å²) in [6.07, 6.45) is 11.7. The van der Waals surface area contributed by atoms with Crippen LogP contribution in [0, 0.1) is 0 Å². The Hall–Kier alpha value is -0.650. The fraction of sp³-hybridized carbons (Fsp3) is 0.947. The molecule has 24 heavy (non-hydrogen) atoms. The number of carbonyl (C=O) groups is 1. The Morgan fingerprint density at radius 1 is 1.17 bits per heavy atom. The predicted octanol–water partition coefficient (Wildman–Crippen LogP) is 3.36. The fourth-order valence-electron chi connectivity index (χ4n) is 3.62. The number of unbranched alkanes of at least 4 members (excludes halogenated alkanes) is 8. The SMILES string of the molecule is CCCCCCCCCCCC1NCCN1C(C)(C(=O)O)C(C)O. The number of aliphatic hydroxyl groups is 1. The number of hydrogen-bond acceptors (Lipinski definition) is 4. The minimum absolute atomic E-state index is 0.0604. The van der Waals surface area contributed by atoms with Crippen molar-refractivity contribution in [2.45, 2.75) is 103 Å². The minimum atomic E-state index is -1.21. The van der Waals surface area contributed by atoms with E-state index in [1.54, 1.807) is 13.8 Å². The van der Waals surface area contributed by atoms with Gasteiger partial charge in [-0.15, -0.1) is 0 Å². The third-order valence-corrected chi connectivity index (χ3v) is 5.53. The van der Waals surface area contributed by atoms with Crippen molar-refractivity contribution in [3.05, 3.63) is 0 Å². The Kier molecular flexibility index (Phi) is 9.86. The van der Waals surface area contributed by atoms with E-state index in [2.05, 4.69) is 12.2 Å². The largest absolute Gasteiger partial charge is 0.480 e. The molecule has 0 radical (unpaired) electrons. The summed E-state index contributed by atoms with van der Waals surface area (Å²) < 4.78 is 0. The molecule has 0 spiro atoms. The molecule has 1 rings (SSSR count). The lowest BCUT2D eigenvalue weighted by Gasteiger charge is -2.40. The molecule has 0 saturated carbocycles. The summed E-state index contributed by atoms with van der Waals surface area (Å²) in [5, 5.41) is 23.0. The normalized spacial score (nSPS) is 22.4. The van der Waals surface area contributed by atoms with Gasteiger partial charge < -0.3 is 15.5 Å². The van der Waals surface area contributed by atoms with Crippen molar-refractivity contribution in [3.8, 4) is 0 Å². The maximum absolute atomic E-state index is 11.7. The summed E-state index contributed by atoms with van der Waals surface area (Å²) in [6, 6.07) is 0. The molecule has 0 aromatic heterocycles. The number of nitrogens with one attached hydrogen (secondary N) is 1. The molecule has 0 aliphatic carbocycles. The highest BCUT2D eigenvalue weighted by molar-refractivity contribution is 5.79. The average molecular weight is 343 g/mol. The lowest BCUT2D eigenvalue weighted by atomic mass is 9.92. The molecular formula is C19H38N2O3. The number of aliphatic hydroxyl groups excluding tert-OH is 1. The topological polar surface area (TPSA) is 72.8 Å². The molecule has 5 heteroatoms. The van der Waals surface area contributed by atoms with Crippen molar-refractivity contribution in [1.29, 1.82) is 0 Å². The fourth-order valence-corrected chi connectivity index (χ4v) is 3.62. The standard InChI is InChI=1S/C19H38N2O3/c1-4-5-6-7-8-9-10-11-12-13-17-20-14-15-21(17)19(3,16(2)22)18(23)24/h16-17,20,22H,4-15H2,1-3H3,(H,23,24). The second-order valence-electron chi connectivity index (χ2n) is 7.41. The Morgan fingerprint density at radius 3 is 2.21 bits per heavy atom. The first kappa shape index (κ1) is 21.4. The molecule has 1 fully saturated rings. The van der Waals surface area contributed by atoms with Crippen LogP contribution in [-0.4, -0.2) is 52.0 Å². The van der Waals surface area contributed by atoms with Gasteiger partial charge in [-0.1, -0.05) is 64.7 Å². The number of carboxylic acids is 1. The molecule has 3 N–H and O–H groups in total. The van der Waals surface area contributed by atoms with Crippen LogP contribution < -0.4 is 5.32 Å². The molecule has 1 saturated heterocycles. The highest BCUT2D eigenvalue weighted by Crippen LogP contribution is 2.26. The first-order valence-corrected chi connectivity index (χ1v) is 9.86. The van der Waals surface area contributed by atoms with E-state index in [0.29, 0.717) is 6.54 Å². The first-order valence-electron chi connectivity index (χ1n) is 9.86. The zero-order valence-corrected chi connectivity index (χ0v) is 15.9. The third kappa shape index (κ3) is 6.01. The van der Waals surface area contributed by atoms with Crippen LogP contribution in [-0.2, 0) is 4.79 Å². The van der Waals surface area contributed by atoms with Crippen LogP contribution in [0.25, 0.3) is 0 Å². The molecule has 1 aliphatic rings. The van der Waals surface area contributed by atoms with E-state index in [-0.39, 0.29) is 6.17 Å². The van der Waals surface area contributed by atoms with Crippen LogP contribution in [0.5, 0.6) is 0 Å². The van der Waals surface area contributed by atoms with E-state index in [1.165, 1.54) is 51.4 Å². The van der Waals surface area contributed by atoms with Crippen LogP contribution in [0.2, 0.25) is 0 Å². The van der Waals surface area contributed by atoms with Gasteiger partial charge in [0, 0.05) is 13.1 Å². The second kappa shape index (κ2) is 11.1. The van der Waals surface area contributed by atoms with Crippen LogP contribution >= 0.6 is 0 Å². The zero-order chi connectivity index (χ0) is 18.0. The molecule has 5 nitrogen and oxygen atoms in total. The molecule has 0 bridgehead atoms. The summed E-state index contributed by atoms with van der Waals surface area (Å²) in [7, 11) is 0. The minimum Gasteiger partial charge on any atom is -0.480 e. The van der Waals surface area contributed by atoms with Gasteiger partial charge >= 0.3 is 5.97 Å². The van der Waals surface area contributed by atoms with Gasteiger partial charge in [0.1, 0.15) is 5.54 Å². The number of carboxylic acid groups (broad SMARTS) is 1. The number of rotatable bonds is 13. The van der Waals surface area contributed by atoms with Crippen molar-refractivity contribution in [3.63, 3.8) is 0 Å². The van der Waals surface area contributed by atoms with Crippen LogP contribution in [0.4, 0.5) is 0 Å². The van der Waals surface area contributed by atoms with Crippen molar-refractivity contribution in [2.75, 3.05) is 13.1 Å². The van der Waals surface area contributed by atoms with E-state index in [1.807, 2.05) is 4.90 Å². The lowest BCUT2D eigenvalue weighted by Crippen LogP contribution is -2.61. The molecule has 1 aliphatic heterocycles. The van der Waals surface area contributed by atoms with Gasteiger partial charge in [0.15, 0.2) is 0 Å². The summed E-state index contributed by atoms with van der Waals surface area (Å²) >= 11 is 0. The highest BCUT2D eigenvalue weighted by atomic mass is 16.4. The van der Waals surface area contributed by atoms with Gasteiger partial charge in [-0.05, 0) is 20.3 Å². The predicted molar refractivity (Wildman–Crippen MR) is 98.1 cm³/mol. The summed E-state index contributed by atoms with van der Waals surface area (Å²) in [5.41, 5.74) is -1.21. The molecule has 0 aromatic rings. The number of hydrogen-bond donors (Lipinski definition) is 3. The monoisotopic (exact) mass is 342 g/mol. The van der Waals surface area contributed by atoms with E-state index >= 15 is 0 Å². The van der Waals surface area contributed by atoms with Gasteiger partial charge in [0.25, 0.3) is 0 Å². The Morgan fingerprint density at radius 2 is 1.71 bits per heavy atom.